The Morgan fingerprint density at radius 3 is 2.79 bits per heavy atom. The minimum absolute atomic E-state index is 0.495. The van der Waals surface area contributed by atoms with Gasteiger partial charge in [0.15, 0.2) is 0 Å². The number of allylic oxidation sites excluding steroid dienone is 1. The summed E-state index contributed by atoms with van der Waals surface area (Å²) in [7, 11) is 0. The Balaban J connectivity index is 2.71. The van der Waals surface area contributed by atoms with Crippen LogP contribution in [-0.4, -0.2) is 28.6 Å². The van der Waals surface area contributed by atoms with Gasteiger partial charge >= 0.3 is 5.97 Å². The average molecular weight is 197 g/mol. The lowest BCUT2D eigenvalue weighted by Crippen LogP contribution is -2.36. The highest BCUT2D eigenvalue weighted by Crippen LogP contribution is 2.22. The molecule has 0 unspecified atom stereocenters. The molecular formula is C11H19NO2. The molecule has 0 bridgehead atoms. The molecule has 0 aliphatic carbocycles. The Morgan fingerprint density at radius 2 is 2.29 bits per heavy atom. The van der Waals surface area contributed by atoms with Crippen LogP contribution in [0.4, 0.5) is 0 Å². The fraction of sp³-hybridized carbons (Fsp3) is 0.727. The number of carboxylic acids is 1. The molecular weight excluding hydrogens is 178 g/mol. The molecule has 80 valence electrons. The summed E-state index contributed by atoms with van der Waals surface area (Å²) >= 11 is 0. The summed E-state index contributed by atoms with van der Waals surface area (Å²) in [4.78, 5) is 12.8. The Kier molecular flexibility index (Phi) is 3.98. The van der Waals surface area contributed by atoms with Crippen LogP contribution in [0.5, 0.6) is 0 Å². The van der Waals surface area contributed by atoms with E-state index in [-0.39, 0.29) is 0 Å². The van der Waals surface area contributed by atoms with Gasteiger partial charge in [-0.25, -0.2) is 4.79 Å². The quantitative estimate of drug-likeness (QED) is 0.705. The summed E-state index contributed by atoms with van der Waals surface area (Å²) in [6.45, 7) is 5.19. The van der Waals surface area contributed by atoms with Crippen LogP contribution in [0, 0.1) is 0 Å². The maximum absolute atomic E-state index is 10.6. The number of carboxylic acid groups (broad SMARTS) is 1. The topological polar surface area (TPSA) is 40.5 Å². The highest BCUT2D eigenvalue weighted by Gasteiger charge is 2.19. The second-order valence-corrected chi connectivity index (χ2v) is 3.87. The van der Waals surface area contributed by atoms with Crippen LogP contribution in [0.3, 0.4) is 0 Å². The largest absolute Gasteiger partial charge is 0.478 e. The first-order valence-corrected chi connectivity index (χ1v) is 5.35. The van der Waals surface area contributed by atoms with E-state index in [0.29, 0.717) is 6.04 Å². The van der Waals surface area contributed by atoms with Gasteiger partial charge in [0, 0.05) is 24.4 Å². The Labute approximate surface area is 85.4 Å². The lowest BCUT2D eigenvalue weighted by molar-refractivity contribution is -0.131. The van der Waals surface area contributed by atoms with E-state index in [9.17, 15) is 4.79 Å². The van der Waals surface area contributed by atoms with Crippen molar-refractivity contribution >= 4 is 5.97 Å². The number of rotatable bonds is 3. The molecule has 1 atom stereocenters. The van der Waals surface area contributed by atoms with Crippen molar-refractivity contribution < 1.29 is 9.90 Å². The first-order valence-electron chi connectivity index (χ1n) is 5.35. The molecule has 0 aromatic heterocycles. The van der Waals surface area contributed by atoms with Crippen molar-refractivity contribution in [3.05, 3.63) is 11.8 Å². The van der Waals surface area contributed by atoms with Gasteiger partial charge in [-0.2, -0.15) is 0 Å². The Hall–Kier alpha value is -0.990. The van der Waals surface area contributed by atoms with Gasteiger partial charge in [0.05, 0.1) is 0 Å². The van der Waals surface area contributed by atoms with E-state index in [1.54, 1.807) is 0 Å². The lowest BCUT2D eigenvalue weighted by Gasteiger charge is -2.36. The van der Waals surface area contributed by atoms with Gasteiger partial charge in [0.25, 0.3) is 0 Å². The molecule has 14 heavy (non-hydrogen) atoms. The second-order valence-electron chi connectivity index (χ2n) is 3.87. The van der Waals surface area contributed by atoms with Crippen LogP contribution in [0.1, 0.15) is 39.5 Å². The second kappa shape index (κ2) is 5.03. The van der Waals surface area contributed by atoms with Gasteiger partial charge in [0.2, 0.25) is 0 Å². The number of piperidine rings is 1. The third kappa shape index (κ3) is 2.76. The molecule has 1 heterocycles. The predicted octanol–water partition coefficient (Wildman–Crippen LogP) is 2.24. The van der Waals surface area contributed by atoms with Crippen molar-refractivity contribution in [2.75, 3.05) is 6.54 Å². The predicted molar refractivity (Wildman–Crippen MR) is 56.0 cm³/mol. The Bertz CT molecular complexity index is 235. The van der Waals surface area contributed by atoms with E-state index in [1.165, 1.54) is 25.3 Å². The summed E-state index contributed by atoms with van der Waals surface area (Å²) < 4.78 is 0. The molecule has 0 spiro atoms. The lowest BCUT2D eigenvalue weighted by atomic mass is 10.0. The van der Waals surface area contributed by atoms with E-state index in [2.05, 4.69) is 11.8 Å². The Morgan fingerprint density at radius 1 is 1.57 bits per heavy atom. The smallest absolute Gasteiger partial charge is 0.330 e. The van der Waals surface area contributed by atoms with E-state index in [0.717, 1.165) is 18.7 Å². The molecule has 3 nitrogen and oxygen atoms in total. The van der Waals surface area contributed by atoms with Crippen LogP contribution in [0.25, 0.3) is 0 Å². The highest BCUT2D eigenvalue weighted by molar-refractivity contribution is 5.80. The molecule has 1 aliphatic heterocycles. The number of hydrogen-bond donors (Lipinski definition) is 1. The third-order valence-electron chi connectivity index (χ3n) is 2.82. The van der Waals surface area contributed by atoms with Crippen LogP contribution in [-0.2, 0) is 4.79 Å². The third-order valence-corrected chi connectivity index (χ3v) is 2.82. The fourth-order valence-electron chi connectivity index (χ4n) is 2.06. The minimum atomic E-state index is -0.834. The maximum Gasteiger partial charge on any atom is 0.330 e. The van der Waals surface area contributed by atoms with Crippen molar-refractivity contribution in [1.29, 1.82) is 0 Å². The van der Waals surface area contributed by atoms with E-state index < -0.39 is 5.97 Å². The fourth-order valence-corrected chi connectivity index (χ4v) is 2.06. The molecule has 1 fully saturated rings. The van der Waals surface area contributed by atoms with Gasteiger partial charge < -0.3 is 10.0 Å². The SMILES string of the molecule is CC/C(=C\C(=O)O)N1CCCC[C@H]1C. The zero-order valence-electron chi connectivity index (χ0n) is 8.99. The van der Waals surface area contributed by atoms with Gasteiger partial charge in [-0.1, -0.05) is 6.92 Å². The van der Waals surface area contributed by atoms with E-state index >= 15 is 0 Å². The molecule has 0 aromatic carbocycles. The summed E-state index contributed by atoms with van der Waals surface area (Å²) in [5.41, 5.74) is 0.963. The van der Waals surface area contributed by atoms with Crippen molar-refractivity contribution in [2.45, 2.75) is 45.6 Å². The van der Waals surface area contributed by atoms with Crippen LogP contribution >= 0.6 is 0 Å². The van der Waals surface area contributed by atoms with Crippen LogP contribution < -0.4 is 0 Å². The molecule has 1 saturated heterocycles. The molecule has 0 amide bonds. The minimum Gasteiger partial charge on any atom is -0.478 e. The van der Waals surface area contributed by atoms with Crippen molar-refractivity contribution in [3.8, 4) is 0 Å². The number of hydrogen-bond acceptors (Lipinski definition) is 2. The summed E-state index contributed by atoms with van der Waals surface area (Å²) in [6.07, 6.45) is 5.78. The van der Waals surface area contributed by atoms with E-state index in [4.69, 9.17) is 5.11 Å². The summed E-state index contributed by atoms with van der Waals surface area (Å²) in [5, 5.41) is 8.73. The number of aliphatic carboxylic acids is 1. The number of nitrogens with zero attached hydrogens (tertiary/aromatic N) is 1. The van der Waals surface area contributed by atoms with Crippen LogP contribution in [0.2, 0.25) is 0 Å². The average Bonchev–Trinajstić information content (AvgIpc) is 2.15. The molecule has 0 aromatic rings. The summed E-state index contributed by atoms with van der Waals surface area (Å²) in [5.74, 6) is -0.834. The number of likely N-dealkylation sites (tertiary alicyclic amines) is 1. The van der Waals surface area contributed by atoms with E-state index in [1.807, 2.05) is 6.92 Å². The van der Waals surface area contributed by atoms with Crippen LogP contribution in [0.15, 0.2) is 11.8 Å². The van der Waals surface area contributed by atoms with Crippen molar-refractivity contribution in [2.24, 2.45) is 0 Å². The van der Waals surface area contributed by atoms with Gasteiger partial charge in [-0.15, -0.1) is 0 Å². The molecule has 1 aliphatic rings. The monoisotopic (exact) mass is 197 g/mol. The standard InChI is InChI=1S/C11H19NO2/c1-3-10(8-11(13)14)12-7-5-4-6-9(12)2/h8-9H,3-7H2,1-2H3,(H,13,14)/b10-8+/t9-/m1/s1. The highest BCUT2D eigenvalue weighted by atomic mass is 16.4. The molecule has 0 saturated carbocycles. The zero-order chi connectivity index (χ0) is 10.6. The van der Waals surface area contributed by atoms with Crippen molar-refractivity contribution in [1.82, 2.24) is 4.90 Å². The van der Waals surface area contributed by atoms with Crippen molar-refractivity contribution in [3.63, 3.8) is 0 Å². The van der Waals surface area contributed by atoms with Gasteiger partial charge in [-0.05, 0) is 32.6 Å². The molecule has 3 heteroatoms. The summed E-state index contributed by atoms with van der Waals surface area (Å²) in [6, 6.07) is 0.495. The first-order chi connectivity index (χ1) is 6.65. The van der Waals surface area contributed by atoms with Gasteiger partial charge in [-0.3, -0.25) is 0 Å². The zero-order valence-corrected chi connectivity index (χ0v) is 8.99. The normalized spacial score (nSPS) is 23.7. The number of carbonyl (C=O) groups is 1. The molecule has 1 rings (SSSR count). The molecule has 0 radical (unpaired) electrons. The maximum atomic E-state index is 10.6. The van der Waals surface area contributed by atoms with Gasteiger partial charge in [0.1, 0.15) is 0 Å². The first kappa shape index (κ1) is 11.1. The molecule has 1 N–H and O–H groups in total.